The van der Waals surface area contributed by atoms with Crippen LogP contribution in [0.3, 0.4) is 0 Å². The van der Waals surface area contributed by atoms with Gasteiger partial charge in [-0.2, -0.15) is 0 Å². The standard InChI is InChI=1S/C17H23N3S/c1-4-15-10-11-16(21-15)12-19-17(18-3)20-13(2)14-8-6-5-7-9-14/h5-11,13H,4,12H2,1-3H3,(H2,18,19,20). The number of nitrogens with one attached hydrogen (secondary N) is 2. The van der Waals surface area contributed by atoms with E-state index in [4.69, 9.17) is 0 Å². The molecule has 0 aliphatic carbocycles. The first-order valence-corrected chi connectivity index (χ1v) is 8.14. The van der Waals surface area contributed by atoms with Gasteiger partial charge in [-0.25, -0.2) is 0 Å². The van der Waals surface area contributed by atoms with Gasteiger partial charge in [-0.3, -0.25) is 4.99 Å². The van der Waals surface area contributed by atoms with Crippen LogP contribution in [0.5, 0.6) is 0 Å². The Kier molecular flexibility index (Phi) is 5.81. The smallest absolute Gasteiger partial charge is 0.191 e. The molecule has 0 amide bonds. The minimum atomic E-state index is 0.229. The second-order valence-electron chi connectivity index (χ2n) is 4.92. The van der Waals surface area contributed by atoms with Gasteiger partial charge in [0.05, 0.1) is 12.6 Å². The Hall–Kier alpha value is -1.81. The molecule has 1 heterocycles. The molecule has 2 N–H and O–H groups in total. The lowest BCUT2D eigenvalue weighted by Gasteiger charge is -2.18. The molecule has 1 unspecified atom stereocenters. The maximum absolute atomic E-state index is 4.29. The van der Waals surface area contributed by atoms with Crippen LogP contribution in [-0.2, 0) is 13.0 Å². The van der Waals surface area contributed by atoms with Gasteiger partial charge in [-0.05, 0) is 31.0 Å². The van der Waals surface area contributed by atoms with Crippen LogP contribution in [0, 0.1) is 0 Å². The second kappa shape index (κ2) is 7.84. The van der Waals surface area contributed by atoms with Crippen LogP contribution in [0.25, 0.3) is 0 Å². The van der Waals surface area contributed by atoms with Crippen molar-refractivity contribution in [2.75, 3.05) is 7.05 Å². The molecular formula is C17H23N3S. The van der Waals surface area contributed by atoms with Gasteiger partial charge in [-0.1, -0.05) is 37.3 Å². The SMILES string of the molecule is CCc1ccc(CNC(=NC)NC(C)c2ccccc2)s1. The molecule has 0 saturated heterocycles. The maximum atomic E-state index is 4.29. The molecule has 4 heteroatoms. The molecule has 0 fully saturated rings. The molecule has 0 saturated carbocycles. The maximum Gasteiger partial charge on any atom is 0.191 e. The Balaban J connectivity index is 1.89. The number of thiophene rings is 1. The van der Waals surface area contributed by atoms with E-state index in [2.05, 4.69) is 65.9 Å². The molecule has 2 rings (SSSR count). The molecule has 0 aliphatic rings. The van der Waals surface area contributed by atoms with Crippen molar-refractivity contribution in [1.82, 2.24) is 10.6 Å². The molecule has 0 bridgehead atoms. The molecule has 1 aromatic carbocycles. The molecule has 0 spiro atoms. The van der Waals surface area contributed by atoms with Crippen molar-refractivity contribution < 1.29 is 0 Å². The summed E-state index contributed by atoms with van der Waals surface area (Å²) in [6.45, 7) is 5.14. The summed E-state index contributed by atoms with van der Waals surface area (Å²) in [6.07, 6.45) is 1.10. The van der Waals surface area contributed by atoms with Gasteiger partial charge in [0, 0.05) is 16.8 Å². The fraction of sp³-hybridized carbons (Fsp3) is 0.353. The quantitative estimate of drug-likeness (QED) is 0.652. The summed E-state index contributed by atoms with van der Waals surface area (Å²) in [6, 6.07) is 15.0. The van der Waals surface area contributed by atoms with E-state index in [-0.39, 0.29) is 6.04 Å². The zero-order valence-corrected chi connectivity index (χ0v) is 13.7. The van der Waals surface area contributed by atoms with E-state index >= 15 is 0 Å². The molecular weight excluding hydrogens is 278 g/mol. The van der Waals surface area contributed by atoms with Gasteiger partial charge in [0.1, 0.15) is 0 Å². The highest BCUT2D eigenvalue weighted by atomic mass is 32.1. The van der Waals surface area contributed by atoms with Crippen LogP contribution in [-0.4, -0.2) is 13.0 Å². The normalized spacial score (nSPS) is 13.0. The Morgan fingerprint density at radius 1 is 1.14 bits per heavy atom. The molecule has 0 radical (unpaired) electrons. The van der Waals surface area contributed by atoms with Crippen LogP contribution in [0.1, 0.15) is 35.2 Å². The third-order valence-electron chi connectivity index (χ3n) is 3.37. The van der Waals surface area contributed by atoms with Crippen LogP contribution < -0.4 is 10.6 Å². The van der Waals surface area contributed by atoms with Gasteiger partial charge < -0.3 is 10.6 Å². The van der Waals surface area contributed by atoms with Gasteiger partial charge in [-0.15, -0.1) is 11.3 Å². The molecule has 112 valence electrons. The topological polar surface area (TPSA) is 36.4 Å². The Morgan fingerprint density at radius 2 is 1.86 bits per heavy atom. The Labute approximate surface area is 131 Å². The van der Waals surface area contributed by atoms with Crippen LogP contribution in [0.2, 0.25) is 0 Å². The number of hydrogen-bond acceptors (Lipinski definition) is 2. The van der Waals surface area contributed by atoms with Gasteiger partial charge in [0.2, 0.25) is 0 Å². The van der Waals surface area contributed by atoms with Crippen molar-refractivity contribution in [3.63, 3.8) is 0 Å². The van der Waals surface area contributed by atoms with Crippen molar-refractivity contribution >= 4 is 17.3 Å². The molecule has 1 atom stereocenters. The molecule has 3 nitrogen and oxygen atoms in total. The minimum absolute atomic E-state index is 0.229. The monoisotopic (exact) mass is 301 g/mol. The fourth-order valence-corrected chi connectivity index (χ4v) is 3.00. The summed E-state index contributed by atoms with van der Waals surface area (Å²) < 4.78 is 0. The van der Waals surface area contributed by atoms with E-state index in [0.717, 1.165) is 18.9 Å². The van der Waals surface area contributed by atoms with Crippen molar-refractivity contribution in [1.29, 1.82) is 0 Å². The number of nitrogens with zero attached hydrogens (tertiary/aromatic N) is 1. The van der Waals surface area contributed by atoms with Crippen molar-refractivity contribution in [2.45, 2.75) is 32.9 Å². The van der Waals surface area contributed by atoms with Crippen molar-refractivity contribution in [3.8, 4) is 0 Å². The third kappa shape index (κ3) is 4.60. The summed E-state index contributed by atoms with van der Waals surface area (Å²) >= 11 is 1.86. The number of aryl methyl sites for hydroxylation is 1. The zero-order valence-electron chi connectivity index (χ0n) is 12.9. The minimum Gasteiger partial charge on any atom is -0.352 e. The zero-order chi connectivity index (χ0) is 15.1. The number of hydrogen-bond donors (Lipinski definition) is 2. The highest BCUT2D eigenvalue weighted by Crippen LogP contribution is 2.16. The first-order chi connectivity index (χ1) is 10.2. The van der Waals surface area contributed by atoms with Gasteiger partial charge in [0.25, 0.3) is 0 Å². The van der Waals surface area contributed by atoms with E-state index in [1.807, 2.05) is 17.4 Å². The van der Waals surface area contributed by atoms with Crippen molar-refractivity contribution in [2.24, 2.45) is 4.99 Å². The first kappa shape index (κ1) is 15.6. The Morgan fingerprint density at radius 3 is 2.48 bits per heavy atom. The first-order valence-electron chi connectivity index (χ1n) is 7.32. The highest BCUT2D eigenvalue weighted by molar-refractivity contribution is 7.11. The average Bonchev–Trinajstić information content (AvgIpc) is 3.00. The lowest BCUT2D eigenvalue weighted by Crippen LogP contribution is -2.38. The lowest BCUT2D eigenvalue weighted by atomic mass is 10.1. The number of rotatable bonds is 5. The second-order valence-corrected chi connectivity index (χ2v) is 6.18. The summed E-state index contributed by atoms with van der Waals surface area (Å²) in [4.78, 5) is 7.05. The summed E-state index contributed by atoms with van der Waals surface area (Å²) in [5, 5.41) is 6.79. The van der Waals surface area contributed by atoms with E-state index in [1.165, 1.54) is 15.3 Å². The summed E-state index contributed by atoms with van der Waals surface area (Å²) in [5.74, 6) is 0.831. The Bertz CT molecular complexity index is 575. The van der Waals surface area contributed by atoms with E-state index < -0.39 is 0 Å². The molecule has 2 aromatic rings. The predicted octanol–water partition coefficient (Wildman–Crippen LogP) is 3.74. The summed E-state index contributed by atoms with van der Waals surface area (Å²) in [7, 11) is 1.80. The van der Waals surface area contributed by atoms with Crippen LogP contribution in [0.4, 0.5) is 0 Å². The number of benzene rings is 1. The molecule has 0 aliphatic heterocycles. The van der Waals surface area contributed by atoms with E-state index in [9.17, 15) is 0 Å². The lowest BCUT2D eigenvalue weighted by molar-refractivity contribution is 0.686. The molecule has 1 aromatic heterocycles. The van der Waals surface area contributed by atoms with Gasteiger partial charge >= 0.3 is 0 Å². The predicted molar refractivity (Wildman–Crippen MR) is 91.9 cm³/mol. The fourth-order valence-electron chi connectivity index (χ4n) is 2.10. The average molecular weight is 301 g/mol. The van der Waals surface area contributed by atoms with Crippen molar-refractivity contribution in [3.05, 3.63) is 57.8 Å². The number of guanidine groups is 1. The van der Waals surface area contributed by atoms with E-state index in [0.29, 0.717) is 0 Å². The highest BCUT2D eigenvalue weighted by Gasteiger charge is 2.07. The third-order valence-corrected chi connectivity index (χ3v) is 4.60. The largest absolute Gasteiger partial charge is 0.352 e. The van der Waals surface area contributed by atoms with E-state index in [1.54, 1.807) is 7.05 Å². The molecule has 21 heavy (non-hydrogen) atoms. The van der Waals surface area contributed by atoms with Crippen LogP contribution in [0.15, 0.2) is 47.5 Å². The van der Waals surface area contributed by atoms with Crippen LogP contribution >= 0.6 is 11.3 Å². The summed E-state index contributed by atoms with van der Waals surface area (Å²) in [5.41, 5.74) is 1.25. The van der Waals surface area contributed by atoms with Gasteiger partial charge in [0.15, 0.2) is 5.96 Å². The number of aliphatic imine (C=N–C) groups is 1.